The van der Waals surface area contributed by atoms with Gasteiger partial charge >= 0.3 is 0 Å². The number of aromatic nitrogens is 5. The summed E-state index contributed by atoms with van der Waals surface area (Å²) in [6, 6.07) is 2.11. The van der Waals surface area contributed by atoms with Gasteiger partial charge in [0.2, 0.25) is 11.8 Å². The van der Waals surface area contributed by atoms with Crippen LogP contribution in [0.4, 0.5) is 5.95 Å². The van der Waals surface area contributed by atoms with Crippen LogP contribution in [-0.2, 0) is 6.54 Å². The van der Waals surface area contributed by atoms with Gasteiger partial charge in [-0.2, -0.15) is 10.1 Å². The normalized spacial score (nSPS) is 18.2. The molecule has 3 rings (SSSR count). The fourth-order valence-corrected chi connectivity index (χ4v) is 2.81. The molecule has 2 aromatic rings. The molecule has 0 N–H and O–H groups in total. The molecule has 112 valence electrons. The lowest BCUT2D eigenvalue weighted by atomic mass is 10.2. The van der Waals surface area contributed by atoms with E-state index in [9.17, 15) is 0 Å². The Labute approximate surface area is 124 Å². The first kappa shape index (κ1) is 13.8. The van der Waals surface area contributed by atoms with Crippen molar-refractivity contribution in [1.29, 1.82) is 0 Å². The molecule has 1 fully saturated rings. The smallest absolute Gasteiger partial charge is 0.228 e. The van der Waals surface area contributed by atoms with Crippen molar-refractivity contribution in [1.82, 2.24) is 24.7 Å². The monoisotopic (exact) mass is 288 g/mol. The van der Waals surface area contributed by atoms with Gasteiger partial charge in [-0.25, -0.2) is 14.6 Å². The second-order valence-corrected chi connectivity index (χ2v) is 5.28. The van der Waals surface area contributed by atoms with Gasteiger partial charge in [-0.15, -0.1) is 0 Å². The minimum Gasteiger partial charge on any atom is -0.481 e. The number of methoxy groups -OCH3 is 1. The highest BCUT2D eigenvalue weighted by Gasteiger charge is 2.28. The zero-order valence-electron chi connectivity index (χ0n) is 12.7. The first-order chi connectivity index (χ1) is 10.2. The largest absolute Gasteiger partial charge is 0.481 e. The number of anilines is 1. The second-order valence-electron chi connectivity index (χ2n) is 5.28. The molecule has 2 aromatic heterocycles. The van der Waals surface area contributed by atoms with Crippen LogP contribution < -0.4 is 9.64 Å². The van der Waals surface area contributed by atoms with Crippen LogP contribution in [0.3, 0.4) is 0 Å². The Morgan fingerprint density at radius 3 is 2.90 bits per heavy atom. The highest BCUT2D eigenvalue weighted by molar-refractivity contribution is 5.35. The van der Waals surface area contributed by atoms with Crippen molar-refractivity contribution in [3.8, 4) is 5.88 Å². The molecule has 1 saturated heterocycles. The van der Waals surface area contributed by atoms with Crippen LogP contribution >= 0.6 is 0 Å². The maximum Gasteiger partial charge on any atom is 0.228 e. The molecule has 3 heterocycles. The molecule has 0 aliphatic carbocycles. The number of rotatable bonds is 4. The standard InChI is InChI=1S/C14H20N6O/c1-10-16-11(2)20(18-10)9-12-5-4-8-19(12)14-15-7-6-13(17-14)21-3/h6-7,12H,4-5,8-9H2,1-3H3. The van der Waals surface area contributed by atoms with Gasteiger partial charge in [-0.3, -0.25) is 0 Å². The van der Waals surface area contributed by atoms with Gasteiger partial charge in [0.1, 0.15) is 11.6 Å². The van der Waals surface area contributed by atoms with Crippen LogP contribution in [0.2, 0.25) is 0 Å². The van der Waals surface area contributed by atoms with E-state index in [0.717, 1.165) is 43.5 Å². The molecular formula is C14H20N6O. The van der Waals surface area contributed by atoms with Gasteiger partial charge < -0.3 is 9.64 Å². The van der Waals surface area contributed by atoms with Gasteiger partial charge in [-0.05, 0) is 26.7 Å². The molecule has 7 heteroatoms. The Hall–Kier alpha value is -2.18. The summed E-state index contributed by atoms with van der Waals surface area (Å²) in [5, 5.41) is 4.45. The van der Waals surface area contributed by atoms with E-state index in [1.165, 1.54) is 0 Å². The number of ether oxygens (including phenoxy) is 1. The van der Waals surface area contributed by atoms with Crippen LogP contribution in [0.15, 0.2) is 12.3 Å². The van der Waals surface area contributed by atoms with Crippen LogP contribution in [-0.4, -0.2) is 44.4 Å². The fourth-order valence-electron chi connectivity index (χ4n) is 2.81. The van der Waals surface area contributed by atoms with Gasteiger partial charge in [0.05, 0.1) is 19.7 Å². The Kier molecular flexibility index (Phi) is 3.72. The van der Waals surface area contributed by atoms with E-state index in [4.69, 9.17) is 4.74 Å². The summed E-state index contributed by atoms with van der Waals surface area (Å²) in [4.78, 5) is 15.4. The SMILES string of the molecule is COc1ccnc(N2CCCC2Cn2nc(C)nc2C)n1. The summed E-state index contributed by atoms with van der Waals surface area (Å²) in [6.45, 7) is 5.68. The summed E-state index contributed by atoms with van der Waals surface area (Å²) in [5.74, 6) is 3.09. The number of aryl methyl sites for hydroxylation is 2. The average Bonchev–Trinajstić information content (AvgIpc) is 3.06. The van der Waals surface area contributed by atoms with E-state index in [0.29, 0.717) is 11.9 Å². The van der Waals surface area contributed by atoms with E-state index < -0.39 is 0 Å². The molecule has 0 amide bonds. The summed E-state index contributed by atoms with van der Waals surface area (Å²) in [6.07, 6.45) is 3.98. The van der Waals surface area contributed by atoms with Gasteiger partial charge in [0.15, 0.2) is 0 Å². The molecule has 1 unspecified atom stereocenters. The number of hydrogen-bond acceptors (Lipinski definition) is 6. The minimum absolute atomic E-state index is 0.344. The third-order valence-corrected chi connectivity index (χ3v) is 3.81. The van der Waals surface area contributed by atoms with Crippen molar-refractivity contribution >= 4 is 5.95 Å². The molecule has 0 saturated carbocycles. The van der Waals surface area contributed by atoms with Crippen LogP contribution in [0, 0.1) is 13.8 Å². The first-order valence-electron chi connectivity index (χ1n) is 7.19. The summed E-state index contributed by atoms with van der Waals surface area (Å²) in [5.41, 5.74) is 0. The Balaban J connectivity index is 1.80. The predicted molar refractivity (Wildman–Crippen MR) is 78.4 cm³/mol. The molecule has 1 atom stereocenters. The second kappa shape index (κ2) is 5.67. The summed E-state index contributed by atoms with van der Waals surface area (Å²) >= 11 is 0. The van der Waals surface area contributed by atoms with Crippen molar-refractivity contribution in [2.24, 2.45) is 0 Å². The zero-order chi connectivity index (χ0) is 14.8. The number of nitrogens with zero attached hydrogens (tertiary/aromatic N) is 6. The highest BCUT2D eigenvalue weighted by Crippen LogP contribution is 2.24. The zero-order valence-corrected chi connectivity index (χ0v) is 12.7. The molecule has 0 spiro atoms. The molecule has 1 aliphatic rings. The lowest BCUT2D eigenvalue weighted by molar-refractivity contribution is 0.396. The van der Waals surface area contributed by atoms with Crippen LogP contribution in [0.25, 0.3) is 0 Å². The lowest BCUT2D eigenvalue weighted by Crippen LogP contribution is -2.34. The third kappa shape index (κ3) is 2.81. The van der Waals surface area contributed by atoms with Gasteiger partial charge in [0.25, 0.3) is 0 Å². The minimum atomic E-state index is 0.344. The van der Waals surface area contributed by atoms with Crippen molar-refractivity contribution < 1.29 is 4.74 Å². The molecule has 7 nitrogen and oxygen atoms in total. The molecule has 0 radical (unpaired) electrons. The molecule has 1 aliphatic heterocycles. The molecular weight excluding hydrogens is 268 g/mol. The molecule has 0 aromatic carbocycles. The Morgan fingerprint density at radius 2 is 2.19 bits per heavy atom. The van der Waals surface area contributed by atoms with Crippen LogP contribution in [0.5, 0.6) is 5.88 Å². The highest BCUT2D eigenvalue weighted by atomic mass is 16.5. The number of hydrogen-bond donors (Lipinski definition) is 0. The van der Waals surface area contributed by atoms with Crippen molar-refractivity contribution in [2.75, 3.05) is 18.6 Å². The van der Waals surface area contributed by atoms with E-state index >= 15 is 0 Å². The third-order valence-electron chi connectivity index (χ3n) is 3.81. The summed E-state index contributed by atoms with van der Waals surface area (Å²) in [7, 11) is 1.62. The van der Waals surface area contributed by atoms with E-state index in [-0.39, 0.29) is 0 Å². The fraction of sp³-hybridized carbons (Fsp3) is 0.571. The van der Waals surface area contributed by atoms with Crippen LogP contribution in [0.1, 0.15) is 24.5 Å². The van der Waals surface area contributed by atoms with Gasteiger partial charge in [-0.1, -0.05) is 0 Å². The van der Waals surface area contributed by atoms with Crippen molar-refractivity contribution in [3.63, 3.8) is 0 Å². The average molecular weight is 288 g/mol. The maximum atomic E-state index is 5.19. The van der Waals surface area contributed by atoms with E-state index in [2.05, 4.69) is 25.0 Å². The predicted octanol–water partition coefficient (Wildman–Crippen LogP) is 1.36. The summed E-state index contributed by atoms with van der Waals surface area (Å²) < 4.78 is 7.16. The maximum absolute atomic E-state index is 5.19. The lowest BCUT2D eigenvalue weighted by Gasteiger charge is -2.24. The van der Waals surface area contributed by atoms with Gasteiger partial charge in [0, 0.05) is 18.8 Å². The topological polar surface area (TPSA) is 69.0 Å². The van der Waals surface area contributed by atoms with Crippen molar-refractivity contribution in [3.05, 3.63) is 23.9 Å². The Bertz CT molecular complexity index is 626. The van der Waals surface area contributed by atoms with Crippen molar-refractivity contribution in [2.45, 2.75) is 39.3 Å². The molecule has 21 heavy (non-hydrogen) atoms. The molecule has 0 bridgehead atoms. The van der Waals surface area contributed by atoms with E-state index in [1.54, 1.807) is 19.4 Å². The quantitative estimate of drug-likeness (QED) is 0.846. The first-order valence-corrected chi connectivity index (χ1v) is 7.19. The Morgan fingerprint density at radius 1 is 1.33 bits per heavy atom. The van der Waals surface area contributed by atoms with E-state index in [1.807, 2.05) is 18.5 Å².